The van der Waals surface area contributed by atoms with Crippen LogP contribution in [0.4, 0.5) is 5.69 Å². The van der Waals surface area contributed by atoms with Gasteiger partial charge < -0.3 is 9.90 Å². The number of non-ortho nitro benzene ring substituents is 1. The summed E-state index contributed by atoms with van der Waals surface area (Å²) in [7, 11) is 0. The van der Waals surface area contributed by atoms with Crippen LogP contribution in [-0.4, -0.2) is 16.6 Å². The van der Waals surface area contributed by atoms with Gasteiger partial charge in [-0.3, -0.25) is 10.1 Å². The number of carboxylic acid groups (broad SMARTS) is 1. The third kappa shape index (κ3) is 5.17. The molecule has 0 atom stereocenters. The number of carboxylic acids is 1. The van der Waals surface area contributed by atoms with Crippen molar-refractivity contribution in [2.24, 2.45) is 0 Å². The largest absolute Gasteiger partial charge is 1.00 e. The Hall–Kier alpha value is -0.560. The molecule has 1 aromatic rings. The molecule has 0 aliphatic heterocycles. The van der Waals surface area contributed by atoms with E-state index in [1.54, 1.807) is 0 Å². The maximum Gasteiger partial charge on any atom is 1.00 e. The Balaban J connectivity index is 0.00000196. The average molecular weight is 235 g/mol. The van der Waals surface area contributed by atoms with E-state index >= 15 is 0 Å². The zero-order valence-corrected chi connectivity index (χ0v) is 10.8. The Morgan fingerprint density at radius 3 is 2.27 bits per heavy atom. The number of nitrogens with zero attached hydrogens (tertiary/aromatic N) is 1. The predicted molar refractivity (Wildman–Crippen MR) is 48.8 cm³/mol. The summed E-state index contributed by atoms with van der Waals surface area (Å²) in [6, 6.07) is 5.67. The summed E-state index contributed by atoms with van der Waals surface area (Å²) in [6.45, 7) is 0. The molecule has 74 valence electrons. The number of rotatable bonds is 4. The fourth-order valence-electron chi connectivity index (χ4n) is 0.806. The minimum absolute atomic E-state index is 0. The Morgan fingerprint density at radius 1 is 1.33 bits per heavy atom. The van der Waals surface area contributed by atoms with Crippen molar-refractivity contribution in [2.75, 3.05) is 5.75 Å². The van der Waals surface area contributed by atoms with Crippen LogP contribution in [0.5, 0.6) is 0 Å². The van der Waals surface area contributed by atoms with Crippen LogP contribution in [0.15, 0.2) is 29.2 Å². The quantitative estimate of drug-likeness (QED) is 0.248. The maximum absolute atomic E-state index is 10.3. The van der Waals surface area contributed by atoms with Crippen molar-refractivity contribution >= 4 is 23.4 Å². The van der Waals surface area contributed by atoms with Crippen molar-refractivity contribution in [1.29, 1.82) is 0 Å². The van der Waals surface area contributed by atoms with Gasteiger partial charge in [-0.1, -0.05) is 0 Å². The zero-order chi connectivity index (χ0) is 10.6. The van der Waals surface area contributed by atoms with E-state index in [9.17, 15) is 20.0 Å². The van der Waals surface area contributed by atoms with Crippen LogP contribution in [0.25, 0.3) is 0 Å². The van der Waals surface area contributed by atoms with Crippen LogP contribution in [0.1, 0.15) is 0 Å². The third-order valence-electron chi connectivity index (χ3n) is 1.40. The van der Waals surface area contributed by atoms with Crippen molar-refractivity contribution in [3.8, 4) is 0 Å². The van der Waals surface area contributed by atoms with Crippen molar-refractivity contribution in [1.82, 2.24) is 0 Å². The molecule has 0 heterocycles. The van der Waals surface area contributed by atoms with E-state index in [1.165, 1.54) is 24.3 Å². The molecule has 0 N–H and O–H groups in total. The molecule has 7 heteroatoms. The van der Waals surface area contributed by atoms with Crippen molar-refractivity contribution < 1.29 is 44.4 Å². The number of thioether (sulfide) groups is 1. The van der Waals surface area contributed by atoms with Crippen LogP contribution < -0.4 is 34.7 Å². The standard InChI is InChI=1S/C8H7NO4S.Na/c10-8(11)5-14-7-3-1-6(2-4-7)9(12)13;/h1-4H,5H2,(H,10,11);/q;+1/p-1. The van der Waals surface area contributed by atoms with E-state index in [1.807, 2.05) is 0 Å². The Labute approximate surface area is 112 Å². The monoisotopic (exact) mass is 235 g/mol. The summed E-state index contributed by atoms with van der Waals surface area (Å²) in [5.41, 5.74) is -0.0113. The molecular formula is C8H6NNaO4S. The van der Waals surface area contributed by atoms with Gasteiger partial charge in [0.25, 0.3) is 5.69 Å². The number of hydrogen-bond donors (Lipinski definition) is 0. The zero-order valence-electron chi connectivity index (χ0n) is 8.00. The first-order valence-corrected chi connectivity index (χ1v) is 4.65. The third-order valence-corrected chi connectivity index (χ3v) is 2.39. The van der Waals surface area contributed by atoms with Crippen LogP contribution in [-0.2, 0) is 4.79 Å². The normalized spacial score (nSPS) is 9.07. The molecule has 0 bridgehead atoms. The Morgan fingerprint density at radius 2 is 1.87 bits per heavy atom. The molecule has 0 saturated carbocycles. The van der Waals surface area contributed by atoms with E-state index in [4.69, 9.17) is 0 Å². The Bertz CT molecular complexity index is 354. The van der Waals surface area contributed by atoms with Crippen LogP contribution in [0.3, 0.4) is 0 Å². The molecule has 0 radical (unpaired) electrons. The van der Waals surface area contributed by atoms with Gasteiger partial charge in [-0.2, -0.15) is 0 Å². The van der Waals surface area contributed by atoms with Gasteiger partial charge in [0.1, 0.15) is 0 Å². The van der Waals surface area contributed by atoms with E-state index in [0.29, 0.717) is 4.90 Å². The molecule has 0 spiro atoms. The number of carbonyl (C=O) groups is 1. The van der Waals surface area contributed by atoms with Gasteiger partial charge in [0.05, 0.1) is 10.9 Å². The summed E-state index contributed by atoms with van der Waals surface area (Å²) in [5.74, 6) is -1.31. The Kier molecular flexibility index (Phi) is 6.58. The second kappa shape index (κ2) is 6.84. The molecule has 1 rings (SSSR count). The predicted octanol–water partition coefficient (Wildman–Crippen LogP) is -2.56. The number of hydrogen-bond acceptors (Lipinski definition) is 5. The molecule has 0 aliphatic rings. The molecule has 5 nitrogen and oxygen atoms in total. The first-order valence-electron chi connectivity index (χ1n) is 3.66. The molecule has 0 saturated heterocycles. The number of aliphatic carboxylic acids is 1. The van der Waals surface area contributed by atoms with E-state index in [2.05, 4.69) is 0 Å². The molecule has 0 fully saturated rings. The van der Waals surface area contributed by atoms with Crippen LogP contribution in [0.2, 0.25) is 0 Å². The smallest absolute Gasteiger partial charge is 0.549 e. The number of carbonyl (C=O) groups excluding carboxylic acids is 1. The van der Waals surface area contributed by atoms with Gasteiger partial charge >= 0.3 is 29.6 Å². The van der Waals surface area contributed by atoms with Crippen molar-refractivity contribution in [3.63, 3.8) is 0 Å². The number of benzene rings is 1. The van der Waals surface area contributed by atoms with Crippen LogP contribution in [0, 0.1) is 10.1 Å². The fraction of sp³-hybridized carbons (Fsp3) is 0.125. The molecular weight excluding hydrogens is 229 g/mol. The molecule has 0 aromatic heterocycles. The van der Waals surface area contributed by atoms with Gasteiger partial charge in [-0.05, 0) is 12.1 Å². The van der Waals surface area contributed by atoms with E-state index in [0.717, 1.165) is 11.8 Å². The second-order valence-corrected chi connectivity index (χ2v) is 3.46. The van der Waals surface area contributed by atoms with Crippen molar-refractivity contribution in [2.45, 2.75) is 4.90 Å². The SMILES string of the molecule is O=C([O-])CSc1ccc([N+](=O)[O-])cc1.[Na+]. The first-order chi connectivity index (χ1) is 6.59. The number of nitro benzene ring substituents is 1. The average Bonchev–Trinajstić information content (AvgIpc) is 2.15. The maximum atomic E-state index is 10.3. The summed E-state index contributed by atoms with van der Waals surface area (Å²) < 4.78 is 0. The van der Waals surface area contributed by atoms with Crippen LogP contribution >= 0.6 is 11.8 Å². The van der Waals surface area contributed by atoms with Gasteiger partial charge in [-0.15, -0.1) is 11.8 Å². The molecule has 0 unspecified atom stereocenters. The molecule has 0 aliphatic carbocycles. The van der Waals surface area contributed by atoms with Crippen molar-refractivity contribution in [3.05, 3.63) is 34.4 Å². The molecule has 15 heavy (non-hydrogen) atoms. The molecule has 1 aromatic carbocycles. The first kappa shape index (κ1) is 14.4. The molecule has 0 amide bonds. The van der Waals surface area contributed by atoms with Gasteiger partial charge in [0.2, 0.25) is 0 Å². The van der Waals surface area contributed by atoms with Gasteiger partial charge in [0.15, 0.2) is 0 Å². The summed E-state index contributed by atoms with van der Waals surface area (Å²) in [6.07, 6.45) is 0. The fourth-order valence-corrected chi connectivity index (χ4v) is 1.42. The van der Waals surface area contributed by atoms with E-state index in [-0.39, 0.29) is 41.0 Å². The van der Waals surface area contributed by atoms with Gasteiger partial charge in [-0.25, -0.2) is 0 Å². The minimum atomic E-state index is -1.16. The van der Waals surface area contributed by atoms with Gasteiger partial charge in [0, 0.05) is 22.8 Å². The minimum Gasteiger partial charge on any atom is -0.549 e. The van der Waals surface area contributed by atoms with E-state index < -0.39 is 10.9 Å². The second-order valence-electron chi connectivity index (χ2n) is 2.41. The summed E-state index contributed by atoms with van der Waals surface area (Å²) >= 11 is 1.06. The summed E-state index contributed by atoms with van der Waals surface area (Å²) in [5, 5.41) is 20.4. The topological polar surface area (TPSA) is 83.3 Å². The number of nitro groups is 1. The summed E-state index contributed by atoms with van der Waals surface area (Å²) in [4.78, 5) is 20.5.